The number of hydrogen-bond donors (Lipinski definition) is 1. The number of nitrogens with zero attached hydrogens (tertiary/aromatic N) is 3. The van der Waals surface area contributed by atoms with Crippen LogP contribution in [-0.2, 0) is 23.2 Å². The zero-order valence-electron chi connectivity index (χ0n) is 17.7. The minimum absolute atomic E-state index is 0.307. The van der Waals surface area contributed by atoms with Crippen molar-refractivity contribution in [1.29, 1.82) is 5.26 Å². The first kappa shape index (κ1) is 19.6. The quantitative estimate of drug-likeness (QED) is 0.496. The molecule has 0 spiro atoms. The minimum Gasteiger partial charge on any atom is -0.495 e. The summed E-state index contributed by atoms with van der Waals surface area (Å²) >= 11 is 0. The van der Waals surface area contributed by atoms with Gasteiger partial charge in [-0.05, 0) is 12.1 Å². The summed E-state index contributed by atoms with van der Waals surface area (Å²) in [6.45, 7) is 0.444. The number of hydrogen-bond acceptors (Lipinski definition) is 4. The SMILES string of the molecule is COc1cccc2c(C3=C(c4cn(C)c5ccccc45)C(=O)NC3=O)cn(CCC#N)c12. The fourth-order valence-electron chi connectivity index (χ4n) is 4.55. The number of fused-ring (bicyclic) bond motifs is 2. The Morgan fingerprint density at radius 1 is 0.969 bits per heavy atom. The summed E-state index contributed by atoms with van der Waals surface area (Å²) in [5.41, 5.74) is 3.80. The van der Waals surface area contributed by atoms with Crippen molar-refractivity contribution in [2.75, 3.05) is 7.11 Å². The molecule has 0 aliphatic carbocycles. The van der Waals surface area contributed by atoms with Gasteiger partial charge in [0.05, 0.1) is 36.3 Å². The van der Waals surface area contributed by atoms with E-state index in [4.69, 9.17) is 10.00 Å². The number of nitrogens with one attached hydrogen (secondary N) is 1. The number of carbonyl (C=O) groups is 2. The monoisotopic (exact) mass is 424 g/mol. The number of benzene rings is 2. The van der Waals surface area contributed by atoms with Gasteiger partial charge in [0, 0.05) is 53.4 Å². The van der Waals surface area contributed by atoms with Crippen LogP contribution in [-0.4, -0.2) is 28.1 Å². The third kappa shape index (κ3) is 2.81. The zero-order chi connectivity index (χ0) is 22.4. The molecule has 1 aliphatic heterocycles. The number of amides is 2. The summed E-state index contributed by atoms with van der Waals surface area (Å²) in [6, 6.07) is 15.5. The number of aromatic nitrogens is 2. The third-order valence-electron chi connectivity index (χ3n) is 5.91. The summed E-state index contributed by atoms with van der Waals surface area (Å²) in [6.07, 6.45) is 4.03. The van der Waals surface area contributed by atoms with Gasteiger partial charge in [0.15, 0.2) is 0 Å². The number of aryl methyl sites for hydroxylation is 2. The Bertz CT molecular complexity index is 1500. The van der Waals surface area contributed by atoms with Gasteiger partial charge >= 0.3 is 0 Å². The van der Waals surface area contributed by atoms with Crippen molar-refractivity contribution in [2.24, 2.45) is 7.05 Å². The number of para-hydroxylation sites is 2. The standard InChI is InChI=1S/C25H20N4O3/c1-28-13-17(15-7-3-4-9-19(15)28)21-22(25(31)27-24(21)30)18-14-29(12-6-11-26)23-16(18)8-5-10-20(23)32-2/h3-5,7-10,13-14H,6,12H2,1-2H3,(H,27,30,31). The van der Waals surface area contributed by atoms with E-state index in [1.807, 2.05) is 71.0 Å². The lowest BCUT2D eigenvalue weighted by molar-refractivity contribution is -0.122. The molecule has 0 saturated heterocycles. The molecule has 32 heavy (non-hydrogen) atoms. The highest BCUT2D eigenvalue weighted by Crippen LogP contribution is 2.40. The summed E-state index contributed by atoms with van der Waals surface area (Å²) < 4.78 is 9.42. The van der Waals surface area contributed by atoms with Gasteiger partial charge in [-0.15, -0.1) is 0 Å². The zero-order valence-corrected chi connectivity index (χ0v) is 17.7. The van der Waals surface area contributed by atoms with Crippen molar-refractivity contribution in [3.8, 4) is 11.8 Å². The van der Waals surface area contributed by atoms with Crippen LogP contribution in [0, 0.1) is 11.3 Å². The van der Waals surface area contributed by atoms with E-state index >= 15 is 0 Å². The summed E-state index contributed by atoms with van der Waals surface area (Å²) in [5, 5.41) is 13.3. The second-order valence-corrected chi connectivity index (χ2v) is 7.70. The van der Waals surface area contributed by atoms with Crippen molar-refractivity contribution in [3.63, 3.8) is 0 Å². The molecule has 0 radical (unpaired) electrons. The molecule has 2 aromatic heterocycles. The van der Waals surface area contributed by atoms with Gasteiger partial charge in [0.25, 0.3) is 11.8 Å². The topological polar surface area (TPSA) is 89.0 Å². The fraction of sp³-hybridized carbons (Fsp3) is 0.160. The van der Waals surface area contributed by atoms with Gasteiger partial charge < -0.3 is 13.9 Å². The average molecular weight is 424 g/mol. The molecule has 5 rings (SSSR count). The fourth-order valence-corrected chi connectivity index (χ4v) is 4.55. The van der Waals surface area contributed by atoms with Crippen molar-refractivity contribution >= 4 is 44.8 Å². The van der Waals surface area contributed by atoms with Crippen LogP contribution < -0.4 is 10.1 Å². The molecule has 0 atom stereocenters. The first-order valence-corrected chi connectivity index (χ1v) is 10.2. The summed E-state index contributed by atoms with van der Waals surface area (Å²) in [4.78, 5) is 26.0. The van der Waals surface area contributed by atoms with Gasteiger partial charge in [-0.25, -0.2) is 0 Å². The summed E-state index contributed by atoms with van der Waals surface area (Å²) in [7, 11) is 3.50. The molecular weight excluding hydrogens is 404 g/mol. The number of carbonyl (C=O) groups excluding carboxylic acids is 2. The van der Waals surface area contributed by atoms with Crippen LogP contribution in [0.25, 0.3) is 33.0 Å². The highest BCUT2D eigenvalue weighted by Gasteiger charge is 2.35. The summed E-state index contributed by atoms with van der Waals surface area (Å²) in [5.74, 6) is -0.203. The van der Waals surface area contributed by atoms with Gasteiger partial charge in [0.2, 0.25) is 0 Å². The lowest BCUT2D eigenvalue weighted by Gasteiger charge is -2.07. The van der Waals surface area contributed by atoms with E-state index in [1.165, 1.54) is 0 Å². The van der Waals surface area contributed by atoms with E-state index in [-0.39, 0.29) is 0 Å². The van der Waals surface area contributed by atoms with Crippen LogP contribution in [0.2, 0.25) is 0 Å². The molecule has 0 unspecified atom stereocenters. The Morgan fingerprint density at radius 3 is 2.38 bits per heavy atom. The molecule has 2 aromatic carbocycles. The molecule has 7 nitrogen and oxygen atoms in total. The Labute approximate surface area is 184 Å². The van der Waals surface area contributed by atoms with Crippen LogP contribution >= 0.6 is 0 Å². The molecule has 7 heteroatoms. The Morgan fingerprint density at radius 2 is 1.66 bits per heavy atom. The van der Waals surface area contributed by atoms with Crippen molar-refractivity contribution in [2.45, 2.75) is 13.0 Å². The van der Waals surface area contributed by atoms with Crippen molar-refractivity contribution in [1.82, 2.24) is 14.5 Å². The van der Waals surface area contributed by atoms with E-state index in [0.29, 0.717) is 41.0 Å². The maximum atomic E-state index is 13.0. The van der Waals surface area contributed by atoms with E-state index in [1.54, 1.807) is 7.11 Å². The number of imide groups is 1. The molecule has 0 fully saturated rings. The number of ether oxygens (including phenoxy) is 1. The minimum atomic E-state index is -0.430. The lowest BCUT2D eigenvalue weighted by Crippen LogP contribution is -2.22. The predicted octanol–water partition coefficient (Wildman–Crippen LogP) is 3.62. The van der Waals surface area contributed by atoms with Gasteiger partial charge in [0.1, 0.15) is 5.75 Å². The van der Waals surface area contributed by atoms with Gasteiger partial charge in [-0.2, -0.15) is 5.26 Å². The second kappa shape index (κ2) is 7.43. The lowest BCUT2D eigenvalue weighted by atomic mass is 9.95. The molecule has 1 aliphatic rings. The molecule has 1 N–H and O–H groups in total. The first-order chi connectivity index (χ1) is 15.5. The first-order valence-electron chi connectivity index (χ1n) is 10.2. The van der Waals surface area contributed by atoms with Gasteiger partial charge in [-0.3, -0.25) is 14.9 Å². The smallest absolute Gasteiger partial charge is 0.259 e. The van der Waals surface area contributed by atoms with Crippen molar-refractivity contribution in [3.05, 3.63) is 66.0 Å². The molecule has 3 heterocycles. The molecular formula is C25H20N4O3. The Hall–Kier alpha value is -4.31. The molecule has 2 amide bonds. The van der Waals surface area contributed by atoms with Gasteiger partial charge in [-0.1, -0.05) is 30.3 Å². The number of rotatable bonds is 5. The van der Waals surface area contributed by atoms with Crippen LogP contribution in [0.15, 0.2) is 54.9 Å². The maximum absolute atomic E-state index is 13.0. The van der Waals surface area contributed by atoms with Crippen LogP contribution in [0.4, 0.5) is 0 Å². The second-order valence-electron chi connectivity index (χ2n) is 7.70. The van der Waals surface area contributed by atoms with Crippen LogP contribution in [0.1, 0.15) is 17.5 Å². The van der Waals surface area contributed by atoms with E-state index in [2.05, 4.69) is 11.4 Å². The van der Waals surface area contributed by atoms with E-state index in [9.17, 15) is 9.59 Å². The normalized spacial score (nSPS) is 13.8. The molecule has 4 aromatic rings. The molecule has 158 valence electrons. The highest BCUT2D eigenvalue weighted by molar-refractivity contribution is 6.50. The highest BCUT2D eigenvalue weighted by atomic mass is 16.5. The molecule has 0 bridgehead atoms. The van der Waals surface area contributed by atoms with E-state index < -0.39 is 11.8 Å². The average Bonchev–Trinajstić information content (AvgIpc) is 3.43. The number of methoxy groups -OCH3 is 1. The van der Waals surface area contributed by atoms with Crippen molar-refractivity contribution < 1.29 is 14.3 Å². The van der Waals surface area contributed by atoms with Crippen LogP contribution in [0.5, 0.6) is 5.75 Å². The predicted molar refractivity (Wildman–Crippen MR) is 122 cm³/mol. The maximum Gasteiger partial charge on any atom is 0.259 e. The number of nitriles is 1. The largest absolute Gasteiger partial charge is 0.495 e. The van der Waals surface area contributed by atoms with E-state index in [0.717, 1.165) is 21.8 Å². The molecule has 0 saturated carbocycles. The van der Waals surface area contributed by atoms with Crippen LogP contribution in [0.3, 0.4) is 0 Å². The Balaban J connectivity index is 1.84. The third-order valence-corrected chi connectivity index (χ3v) is 5.91. The Kier molecular flexibility index (Phi) is 4.56.